The van der Waals surface area contributed by atoms with Gasteiger partial charge in [-0.2, -0.15) is 0 Å². The molecule has 1 amide bonds. The molecule has 1 unspecified atom stereocenters. The number of Topliss-reactive ketones (excluding diaryl/α,β-unsaturated/α-hetero) is 2. The van der Waals surface area contributed by atoms with E-state index in [-0.39, 0.29) is 37.5 Å². The minimum Gasteiger partial charge on any atom is -0.468 e. The maximum atomic E-state index is 13.1. The molecule has 2 fully saturated rings. The Balaban J connectivity index is 2.35. The van der Waals surface area contributed by atoms with Gasteiger partial charge in [-0.15, -0.1) is 0 Å². The SMILES string of the molecule is COC(=O)C1(CCC(C)=O)CN(C(=O)OC(C)(C)C)CC2(CC2)C1=O. The molecule has 0 aromatic rings. The van der Waals surface area contributed by atoms with Crippen molar-refractivity contribution in [2.75, 3.05) is 20.2 Å². The zero-order valence-corrected chi connectivity index (χ0v) is 15.6. The van der Waals surface area contributed by atoms with Crippen molar-refractivity contribution in [1.29, 1.82) is 0 Å². The van der Waals surface area contributed by atoms with E-state index in [0.29, 0.717) is 12.8 Å². The van der Waals surface area contributed by atoms with Crippen LogP contribution in [0.25, 0.3) is 0 Å². The average Bonchev–Trinajstić information content (AvgIpc) is 3.26. The molecule has 1 saturated carbocycles. The fourth-order valence-electron chi connectivity index (χ4n) is 3.43. The van der Waals surface area contributed by atoms with E-state index in [0.717, 1.165) is 0 Å². The summed E-state index contributed by atoms with van der Waals surface area (Å²) in [5, 5.41) is 0. The lowest BCUT2D eigenvalue weighted by Crippen LogP contribution is -2.61. The number of esters is 1. The van der Waals surface area contributed by atoms with Crippen LogP contribution >= 0.6 is 0 Å². The van der Waals surface area contributed by atoms with Crippen LogP contribution in [0, 0.1) is 10.8 Å². The molecule has 1 spiro atoms. The summed E-state index contributed by atoms with van der Waals surface area (Å²) in [6, 6.07) is 0. The molecular formula is C18H27NO6. The summed E-state index contributed by atoms with van der Waals surface area (Å²) < 4.78 is 10.3. The van der Waals surface area contributed by atoms with Crippen LogP contribution in [0.4, 0.5) is 4.79 Å². The van der Waals surface area contributed by atoms with Crippen molar-refractivity contribution >= 4 is 23.6 Å². The maximum Gasteiger partial charge on any atom is 0.410 e. The molecule has 0 radical (unpaired) electrons. The highest BCUT2D eigenvalue weighted by atomic mass is 16.6. The first kappa shape index (κ1) is 19.4. The highest BCUT2D eigenvalue weighted by Gasteiger charge is 2.65. The van der Waals surface area contributed by atoms with E-state index in [4.69, 9.17) is 9.47 Å². The molecule has 1 heterocycles. The Bertz CT molecular complexity index is 601. The van der Waals surface area contributed by atoms with Crippen molar-refractivity contribution in [1.82, 2.24) is 4.90 Å². The molecule has 1 atom stereocenters. The first-order valence-electron chi connectivity index (χ1n) is 8.56. The molecule has 0 bridgehead atoms. The van der Waals surface area contributed by atoms with Gasteiger partial charge in [-0.3, -0.25) is 9.59 Å². The van der Waals surface area contributed by atoms with Gasteiger partial charge >= 0.3 is 12.1 Å². The van der Waals surface area contributed by atoms with Gasteiger partial charge in [-0.05, 0) is 47.0 Å². The second kappa shape index (κ2) is 6.42. The molecule has 2 rings (SSSR count). The summed E-state index contributed by atoms with van der Waals surface area (Å²) in [7, 11) is 1.22. The average molecular weight is 353 g/mol. The van der Waals surface area contributed by atoms with E-state index < -0.39 is 28.5 Å². The number of amides is 1. The standard InChI is InChI=1S/C18H27NO6/c1-12(20)6-7-18(14(22)24-5)11-19(15(23)25-16(2,3)4)10-17(8-9-17)13(18)21/h6-11H2,1-5H3. The third-order valence-corrected chi connectivity index (χ3v) is 4.86. The molecule has 1 aliphatic heterocycles. The largest absolute Gasteiger partial charge is 0.468 e. The molecule has 140 valence electrons. The van der Waals surface area contributed by atoms with Crippen LogP contribution in [0.2, 0.25) is 0 Å². The number of nitrogens with zero attached hydrogens (tertiary/aromatic N) is 1. The van der Waals surface area contributed by atoms with Gasteiger partial charge in [0, 0.05) is 24.9 Å². The van der Waals surface area contributed by atoms with Crippen LogP contribution < -0.4 is 0 Å². The zero-order chi connectivity index (χ0) is 19.0. The van der Waals surface area contributed by atoms with Gasteiger partial charge in [0.2, 0.25) is 0 Å². The molecular weight excluding hydrogens is 326 g/mol. The first-order valence-corrected chi connectivity index (χ1v) is 8.56. The maximum absolute atomic E-state index is 13.1. The van der Waals surface area contributed by atoms with Crippen LogP contribution in [-0.4, -0.2) is 54.3 Å². The lowest BCUT2D eigenvalue weighted by atomic mass is 9.69. The predicted molar refractivity (Wildman–Crippen MR) is 88.8 cm³/mol. The van der Waals surface area contributed by atoms with Gasteiger partial charge in [0.25, 0.3) is 0 Å². The topological polar surface area (TPSA) is 90.0 Å². The number of carbonyl (C=O) groups excluding carboxylic acids is 4. The van der Waals surface area contributed by atoms with Crippen LogP contribution in [0.1, 0.15) is 53.4 Å². The summed E-state index contributed by atoms with van der Waals surface area (Å²) in [5.74, 6) is -0.999. The number of hydrogen-bond acceptors (Lipinski definition) is 6. The monoisotopic (exact) mass is 353 g/mol. The van der Waals surface area contributed by atoms with E-state index in [9.17, 15) is 19.2 Å². The number of hydrogen-bond donors (Lipinski definition) is 0. The van der Waals surface area contributed by atoms with Crippen molar-refractivity contribution in [3.05, 3.63) is 0 Å². The fraction of sp³-hybridized carbons (Fsp3) is 0.778. The highest BCUT2D eigenvalue weighted by Crippen LogP contribution is 2.55. The number of rotatable bonds is 4. The molecule has 7 heteroatoms. The quantitative estimate of drug-likeness (QED) is 0.568. The summed E-state index contributed by atoms with van der Waals surface area (Å²) in [5.41, 5.74) is -2.88. The third-order valence-electron chi connectivity index (χ3n) is 4.86. The van der Waals surface area contributed by atoms with E-state index in [1.54, 1.807) is 20.8 Å². The van der Waals surface area contributed by atoms with Gasteiger partial charge in [0.15, 0.2) is 5.78 Å². The van der Waals surface area contributed by atoms with Crippen LogP contribution in [-0.2, 0) is 23.9 Å². The normalized spacial score (nSPS) is 24.8. The Hall–Kier alpha value is -1.92. The second-order valence-corrected chi connectivity index (χ2v) is 8.22. The van der Waals surface area contributed by atoms with Crippen molar-refractivity contribution in [3.63, 3.8) is 0 Å². The number of carbonyl (C=O) groups is 4. The highest BCUT2D eigenvalue weighted by molar-refractivity contribution is 6.09. The van der Waals surface area contributed by atoms with E-state index in [2.05, 4.69) is 0 Å². The lowest BCUT2D eigenvalue weighted by molar-refractivity contribution is -0.165. The van der Waals surface area contributed by atoms with Crippen LogP contribution in [0.3, 0.4) is 0 Å². The Morgan fingerprint density at radius 1 is 1.16 bits per heavy atom. The number of piperidine rings is 1. The van der Waals surface area contributed by atoms with E-state index in [1.165, 1.54) is 18.9 Å². The molecule has 0 aromatic heterocycles. The second-order valence-electron chi connectivity index (χ2n) is 8.22. The number of ketones is 2. The Labute approximate surface area is 148 Å². The molecule has 7 nitrogen and oxygen atoms in total. The molecule has 2 aliphatic rings. The van der Waals surface area contributed by atoms with Crippen LogP contribution in [0.15, 0.2) is 0 Å². The van der Waals surface area contributed by atoms with Crippen molar-refractivity contribution in [2.24, 2.45) is 10.8 Å². The van der Waals surface area contributed by atoms with Gasteiger partial charge in [0.05, 0.1) is 7.11 Å². The number of methoxy groups -OCH3 is 1. The fourth-order valence-corrected chi connectivity index (χ4v) is 3.43. The minimum atomic E-state index is -1.49. The van der Waals surface area contributed by atoms with Crippen molar-refractivity contribution < 1.29 is 28.7 Å². The molecule has 0 aromatic carbocycles. The summed E-state index contributed by atoms with van der Waals surface area (Å²) >= 11 is 0. The summed E-state index contributed by atoms with van der Waals surface area (Å²) in [6.45, 7) is 6.83. The lowest BCUT2D eigenvalue weighted by Gasteiger charge is -2.43. The zero-order valence-electron chi connectivity index (χ0n) is 15.6. The molecule has 1 aliphatic carbocycles. The van der Waals surface area contributed by atoms with E-state index in [1.807, 2.05) is 0 Å². The minimum absolute atomic E-state index is 0.0505. The van der Waals surface area contributed by atoms with Gasteiger partial charge < -0.3 is 19.2 Å². The van der Waals surface area contributed by atoms with Gasteiger partial charge in [-0.25, -0.2) is 4.79 Å². The smallest absolute Gasteiger partial charge is 0.410 e. The Kier molecular flexibility index (Phi) is 4.99. The summed E-state index contributed by atoms with van der Waals surface area (Å²) in [4.78, 5) is 51.1. The van der Waals surface area contributed by atoms with E-state index >= 15 is 0 Å². The third kappa shape index (κ3) is 3.85. The number of ether oxygens (including phenoxy) is 2. The molecule has 1 saturated heterocycles. The molecule has 25 heavy (non-hydrogen) atoms. The van der Waals surface area contributed by atoms with Gasteiger partial charge in [-0.1, -0.05) is 0 Å². The van der Waals surface area contributed by atoms with Gasteiger partial charge in [0.1, 0.15) is 16.8 Å². The summed E-state index contributed by atoms with van der Waals surface area (Å²) in [6.07, 6.45) is 0.837. The Morgan fingerprint density at radius 3 is 2.20 bits per heavy atom. The number of likely N-dealkylation sites (tertiary alicyclic amines) is 1. The predicted octanol–water partition coefficient (Wildman–Crippen LogP) is 2.11. The first-order chi connectivity index (χ1) is 11.5. The molecule has 0 N–H and O–H groups in total. The van der Waals surface area contributed by atoms with Crippen molar-refractivity contribution in [3.8, 4) is 0 Å². The Morgan fingerprint density at radius 2 is 1.76 bits per heavy atom. The van der Waals surface area contributed by atoms with Crippen molar-refractivity contribution in [2.45, 2.75) is 59.0 Å². The van der Waals surface area contributed by atoms with Crippen LogP contribution in [0.5, 0.6) is 0 Å².